The lowest BCUT2D eigenvalue weighted by Gasteiger charge is -2.34. The third-order valence-corrected chi connectivity index (χ3v) is 4.74. The maximum Gasteiger partial charge on any atom is 0.419 e. The van der Waals surface area contributed by atoms with Gasteiger partial charge in [-0.2, -0.15) is 13.2 Å². The van der Waals surface area contributed by atoms with Gasteiger partial charge in [-0.15, -0.1) is 0 Å². The quantitative estimate of drug-likeness (QED) is 0.501. The van der Waals surface area contributed by atoms with Crippen molar-refractivity contribution >= 4 is 21.6 Å². The molecule has 1 aliphatic heterocycles. The van der Waals surface area contributed by atoms with E-state index in [1.54, 1.807) is 0 Å². The van der Waals surface area contributed by atoms with Gasteiger partial charge in [0.05, 0.1) is 12.1 Å². The van der Waals surface area contributed by atoms with Crippen molar-refractivity contribution in [2.45, 2.75) is 32.7 Å². The number of aromatic nitrogens is 1. The SMILES string of the molecule is Cc1cc2c(nc1Br)OC(C)CN2Cc1ccc(C(F)(F)F)c(F)c1. The van der Waals surface area contributed by atoms with Crippen molar-refractivity contribution < 1.29 is 22.3 Å². The zero-order valence-electron chi connectivity index (χ0n) is 13.5. The molecule has 2 heterocycles. The molecule has 3 rings (SSSR count). The summed E-state index contributed by atoms with van der Waals surface area (Å²) < 4.78 is 58.3. The second-order valence-electron chi connectivity index (χ2n) is 6.04. The van der Waals surface area contributed by atoms with Gasteiger partial charge in [-0.05, 0) is 59.1 Å². The first kappa shape index (κ1) is 18.0. The second kappa shape index (κ2) is 6.48. The Morgan fingerprint density at radius 1 is 1.32 bits per heavy atom. The van der Waals surface area contributed by atoms with Gasteiger partial charge in [-0.25, -0.2) is 9.37 Å². The number of alkyl halides is 3. The zero-order valence-corrected chi connectivity index (χ0v) is 15.1. The molecule has 1 aromatic heterocycles. The number of aryl methyl sites for hydroxylation is 1. The molecule has 0 saturated heterocycles. The fourth-order valence-corrected chi connectivity index (χ4v) is 3.04. The van der Waals surface area contributed by atoms with E-state index >= 15 is 0 Å². The Balaban J connectivity index is 1.91. The molecule has 1 unspecified atom stereocenters. The highest BCUT2D eigenvalue weighted by Crippen LogP contribution is 2.36. The molecule has 0 N–H and O–H groups in total. The van der Waals surface area contributed by atoms with Crippen LogP contribution in [0.5, 0.6) is 5.88 Å². The number of benzene rings is 1. The van der Waals surface area contributed by atoms with Crippen molar-refractivity contribution in [1.82, 2.24) is 4.98 Å². The molecule has 0 saturated carbocycles. The summed E-state index contributed by atoms with van der Waals surface area (Å²) in [6, 6.07) is 4.89. The molecule has 0 fully saturated rings. The monoisotopic (exact) mass is 418 g/mol. The van der Waals surface area contributed by atoms with Crippen LogP contribution in [0, 0.1) is 12.7 Å². The van der Waals surface area contributed by atoms with Gasteiger partial charge in [0.25, 0.3) is 0 Å². The normalized spacial score (nSPS) is 17.2. The number of hydrogen-bond acceptors (Lipinski definition) is 3. The van der Waals surface area contributed by atoms with E-state index in [-0.39, 0.29) is 12.6 Å². The molecule has 8 heteroatoms. The first-order chi connectivity index (χ1) is 11.6. The van der Waals surface area contributed by atoms with E-state index in [1.807, 2.05) is 24.8 Å². The molecule has 3 nitrogen and oxygen atoms in total. The summed E-state index contributed by atoms with van der Waals surface area (Å²) in [5.74, 6) is -0.819. The van der Waals surface area contributed by atoms with Crippen molar-refractivity contribution in [3.8, 4) is 5.88 Å². The van der Waals surface area contributed by atoms with Crippen LogP contribution in [0.25, 0.3) is 0 Å². The number of fused-ring (bicyclic) bond motifs is 1. The third-order valence-electron chi connectivity index (χ3n) is 3.94. The van der Waals surface area contributed by atoms with E-state index in [2.05, 4.69) is 20.9 Å². The molecule has 0 bridgehead atoms. The number of nitrogens with zero attached hydrogens (tertiary/aromatic N) is 2. The predicted octanol–water partition coefficient (Wildman–Crippen LogP) is 5.10. The van der Waals surface area contributed by atoms with E-state index in [1.165, 1.54) is 6.07 Å². The molecule has 0 spiro atoms. The standard InChI is InChI=1S/C17H15BrF4N2O/c1-9-5-14-16(23-15(9)18)25-10(2)7-24(14)8-11-3-4-12(13(19)6-11)17(20,21)22/h3-6,10H,7-8H2,1-2H3. The molecule has 1 aliphatic rings. The molecule has 0 aliphatic carbocycles. The van der Waals surface area contributed by atoms with E-state index < -0.39 is 17.6 Å². The summed E-state index contributed by atoms with van der Waals surface area (Å²) in [5, 5.41) is 0. The van der Waals surface area contributed by atoms with Gasteiger partial charge in [0, 0.05) is 6.54 Å². The third kappa shape index (κ3) is 3.73. The minimum atomic E-state index is -4.70. The molecule has 2 aromatic rings. The van der Waals surface area contributed by atoms with E-state index in [0.717, 1.165) is 23.4 Å². The molecule has 0 amide bonds. The topological polar surface area (TPSA) is 25.4 Å². The fraction of sp³-hybridized carbons (Fsp3) is 0.353. The van der Waals surface area contributed by atoms with Crippen LogP contribution >= 0.6 is 15.9 Å². The molecule has 0 radical (unpaired) electrons. The van der Waals surface area contributed by atoms with E-state index in [0.29, 0.717) is 22.6 Å². The number of pyridine rings is 1. The summed E-state index contributed by atoms with van der Waals surface area (Å²) in [6.07, 6.45) is -4.84. The Morgan fingerprint density at radius 3 is 2.68 bits per heavy atom. The Bertz CT molecular complexity index is 810. The second-order valence-corrected chi connectivity index (χ2v) is 6.79. The molecule has 1 aromatic carbocycles. The van der Waals surface area contributed by atoms with Crippen molar-refractivity contribution in [1.29, 1.82) is 0 Å². The van der Waals surface area contributed by atoms with Gasteiger partial charge in [0.15, 0.2) is 0 Å². The van der Waals surface area contributed by atoms with Gasteiger partial charge in [-0.1, -0.05) is 6.07 Å². The number of halogens is 5. The lowest BCUT2D eigenvalue weighted by atomic mass is 10.1. The highest BCUT2D eigenvalue weighted by Gasteiger charge is 2.34. The summed E-state index contributed by atoms with van der Waals surface area (Å²) in [6.45, 7) is 4.54. The van der Waals surface area contributed by atoms with Crippen LogP contribution in [0.2, 0.25) is 0 Å². The van der Waals surface area contributed by atoms with Crippen molar-refractivity contribution in [2.75, 3.05) is 11.4 Å². The smallest absolute Gasteiger partial charge is 0.419 e. The van der Waals surface area contributed by atoms with Crippen molar-refractivity contribution in [3.63, 3.8) is 0 Å². The van der Waals surface area contributed by atoms with Crippen molar-refractivity contribution in [3.05, 3.63) is 51.4 Å². The minimum absolute atomic E-state index is 0.145. The number of rotatable bonds is 2. The van der Waals surface area contributed by atoms with E-state index in [4.69, 9.17) is 4.74 Å². The Morgan fingerprint density at radius 2 is 2.04 bits per heavy atom. The van der Waals surface area contributed by atoms with Crippen LogP contribution in [0.1, 0.15) is 23.6 Å². The first-order valence-corrected chi connectivity index (χ1v) is 8.39. The highest BCUT2D eigenvalue weighted by atomic mass is 79.9. The van der Waals surface area contributed by atoms with Gasteiger partial charge < -0.3 is 9.64 Å². The van der Waals surface area contributed by atoms with Gasteiger partial charge in [0.1, 0.15) is 22.2 Å². The zero-order chi connectivity index (χ0) is 18.4. The fourth-order valence-electron chi connectivity index (χ4n) is 2.77. The van der Waals surface area contributed by atoms with Crippen molar-refractivity contribution in [2.24, 2.45) is 0 Å². The van der Waals surface area contributed by atoms with E-state index in [9.17, 15) is 17.6 Å². The van der Waals surface area contributed by atoms with Crippen LogP contribution in [0.3, 0.4) is 0 Å². The van der Waals surface area contributed by atoms with Gasteiger partial charge in [0.2, 0.25) is 5.88 Å². The van der Waals surface area contributed by atoms with Crippen LogP contribution in [-0.4, -0.2) is 17.6 Å². The lowest BCUT2D eigenvalue weighted by molar-refractivity contribution is -0.140. The Kier molecular flexibility index (Phi) is 4.66. The predicted molar refractivity (Wildman–Crippen MR) is 89.2 cm³/mol. The lowest BCUT2D eigenvalue weighted by Crippen LogP contribution is -2.38. The summed E-state index contributed by atoms with van der Waals surface area (Å²) in [7, 11) is 0. The van der Waals surface area contributed by atoms with Crippen LogP contribution in [0.4, 0.5) is 23.2 Å². The summed E-state index contributed by atoms with van der Waals surface area (Å²) >= 11 is 3.35. The van der Waals surface area contributed by atoms with Crippen LogP contribution in [0.15, 0.2) is 28.9 Å². The molecular weight excluding hydrogens is 404 g/mol. The molecular formula is C17H15BrF4N2O. The molecule has 1 atom stereocenters. The summed E-state index contributed by atoms with van der Waals surface area (Å²) in [4.78, 5) is 6.28. The van der Waals surface area contributed by atoms with Gasteiger partial charge >= 0.3 is 6.18 Å². The van der Waals surface area contributed by atoms with Gasteiger partial charge in [-0.3, -0.25) is 0 Å². The van der Waals surface area contributed by atoms with Crippen LogP contribution in [-0.2, 0) is 12.7 Å². The average molecular weight is 419 g/mol. The minimum Gasteiger partial charge on any atom is -0.471 e. The highest BCUT2D eigenvalue weighted by molar-refractivity contribution is 9.10. The number of hydrogen-bond donors (Lipinski definition) is 0. The largest absolute Gasteiger partial charge is 0.471 e. The summed E-state index contributed by atoms with van der Waals surface area (Å²) in [5.41, 5.74) is 0.833. The first-order valence-electron chi connectivity index (χ1n) is 7.59. The Labute approximate surface area is 150 Å². The van der Waals surface area contributed by atoms with Crippen LogP contribution < -0.4 is 9.64 Å². The molecule has 134 valence electrons. The average Bonchev–Trinajstić information content (AvgIpc) is 2.48. The molecule has 25 heavy (non-hydrogen) atoms. The maximum atomic E-state index is 13.8. The number of anilines is 1. The maximum absolute atomic E-state index is 13.8. The number of ether oxygens (including phenoxy) is 1. The Hall–Kier alpha value is -1.83.